The van der Waals surface area contributed by atoms with Crippen LogP contribution in [0.25, 0.3) is 0 Å². The second-order valence-electron chi connectivity index (χ2n) is 7.11. The van der Waals surface area contributed by atoms with Crippen LogP contribution in [0, 0.1) is 17.0 Å². The molecule has 0 unspecified atom stereocenters. The Labute approximate surface area is 165 Å². The van der Waals surface area contributed by atoms with E-state index in [1.807, 2.05) is 13.0 Å². The topological polar surface area (TPSA) is 43.1 Å². The summed E-state index contributed by atoms with van der Waals surface area (Å²) in [6, 6.07) is 5.78. The largest absolute Gasteiger partial charge is 1.00 e. The smallest absolute Gasteiger partial charge is 0.272 e. The monoisotopic (exact) mass is 431 g/mol. The van der Waals surface area contributed by atoms with E-state index in [4.69, 9.17) is 0 Å². The third-order valence-corrected chi connectivity index (χ3v) is 9.76. The van der Waals surface area contributed by atoms with Crippen molar-refractivity contribution in [3.8, 4) is 0 Å². The van der Waals surface area contributed by atoms with Crippen molar-refractivity contribution in [2.45, 2.75) is 72.4 Å². The first-order valence-electron chi connectivity index (χ1n) is 9.57. The van der Waals surface area contributed by atoms with Crippen LogP contribution in [0.4, 0.5) is 5.69 Å². The van der Waals surface area contributed by atoms with Crippen molar-refractivity contribution in [1.29, 1.82) is 0 Å². The van der Waals surface area contributed by atoms with E-state index in [0.29, 0.717) is 0 Å². The molecule has 0 saturated heterocycles. The number of hydrogen-bond donors (Lipinski definition) is 0. The first-order valence-corrected chi connectivity index (χ1v) is 12.1. The highest BCUT2D eigenvalue weighted by Gasteiger charge is 2.35. The van der Waals surface area contributed by atoms with Crippen molar-refractivity contribution in [2.75, 3.05) is 18.5 Å². The fourth-order valence-electron chi connectivity index (χ4n) is 3.46. The zero-order chi connectivity index (χ0) is 18.0. The van der Waals surface area contributed by atoms with Crippen molar-refractivity contribution < 1.29 is 21.9 Å². The minimum absolute atomic E-state index is 0. The Kier molecular flexibility index (Phi) is 12.6. The van der Waals surface area contributed by atoms with E-state index in [9.17, 15) is 10.1 Å². The second-order valence-corrected chi connectivity index (χ2v) is 11.5. The molecule has 144 valence electrons. The lowest BCUT2D eigenvalue weighted by molar-refractivity contribution is -0.385. The predicted molar refractivity (Wildman–Crippen MR) is 108 cm³/mol. The van der Waals surface area contributed by atoms with Gasteiger partial charge in [-0.15, -0.1) is 0 Å². The zero-order valence-electron chi connectivity index (χ0n) is 16.4. The number of hydrogen-bond acceptors (Lipinski definition) is 2. The summed E-state index contributed by atoms with van der Waals surface area (Å²) >= 11 is 0. The molecule has 3 nitrogen and oxygen atoms in total. The maximum Gasteiger partial charge on any atom is 0.272 e. The van der Waals surface area contributed by atoms with Crippen molar-refractivity contribution in [3.63, 3.8) is 0 Å². The van der Waals surface area contributed by atoms with E-state index < -0.39 is 7.26 Å². The maximum atomic E-state index is 11.1. The molecule has 1 aromatic rings. The number of rotatable bonds is 12. The summed E-state index contributed by atoms with van der Waals surface area (Å²) in [4.78, 5) is 10.8. The Hall–Kier alpha value is -0.470. The van der Waals surface area contributed by atoms with Crippen molar-refractivity contribution in [2.24, 2.45) is 0 Å². The summed E-state index contributed by atoms with van der Waals surface area (Å²) in [5, 5.41) is 11.1. The van der Waals surface area contributed by atoms with Gasteiger partial charge >= 0.3 is 0 Å². The van der Waals surface area contributed by atoms with Gasteiger partial charge < -0.3 is 17.0 Å². The Morgan fingerprint density at radius 1 is 0.960 bits per heavy atom. The molecule has 0 aliphatic carbocycles. The van der Waals surface area contributed by atoms with Gasteiger partial charge in [0.25, 0.3) is 5.69 Å². The van der Waals surface area contributed by atoms with Gasteiger partial charge in [-0.2, -0.15) is 0 Å². The number of benzene rings is 1. The summed E-state index contributed by atoms with van der Waals surface area (Å²) in [5.74, 6) is 0. The summed E-state index contributed by atoms with van der Waals surface area (Å²) in [5.41, 5.74) is 2.37. The zero-order valence-corrected chi connectivity index (χ0v) is 18.9. The highest BCUT2D eigenvalue weighted by atomic mass is 79.9. The van der Waals surface area contributed by atoms with Crippen molar-refractivity contribution in [3.05, 3.63) is 39.4 Å². The molecule has 0 amide bonds. The average Bonchev–Trinajstić information content (AvgIpc) is 2.56. The fourth-order valence-corrected chi connectivity index (χ4v) is 8.54. The fraction of sp³-hybridized carbons (Fsp3) is 0.700. The van der Waals surface area contributed by atoms with Crippen LogP contribution < -0.4 is 17.0 Å². The number of nitrogens with zero attached hydrogens (tertiary/aromatic N) is 1. The molecule has 1 aromatic carbocycles. The van der Waals surface area contributed by atoms with Crippen LogP contribution in [0.3, 0.4) is 0 Å². The molecule has 0 bridgehead atoms. The highest BCUT2D eigenvalue weighted by Crippen LogP contribution is 2.63. The number of halogens is 1. The molecule has 0 heterocycles. The van der Waals surface area contributed by atoms with Crippen LogP contribution >= 0.6 is 7.26 Å². The van der Waals surface area contributed by atoms with E-state index in [2.05, 4.69) is 26.8 Å². The molecule has 0 aliphatic heterocycles. The van der Waals surface area contributed by atoms with Gasteiger partial charge in [0.05, 0.1) is 29.6 Å². The highest BCUT2D eigenvalue weighted by molar-refractivity contribution is 7.75. The molecule has 25 heavy (non-hydrogen) atoms. The molecule has 0 fully saturated rings. The average molecular weight is 432 g/mol. The molecule has 0 aliphatic rings. The van der Waals surface area contributed by atoms with Crippen LogP contribution in [-0.4, -0.2) is 23.4 Å². The Morgan fingerprint density at radius 3 is 1.80 bits per heavy atom. The van der Waals surface area contributed by atoms with Gasteiger partial charge in [0.2, 0.25) is 0 Å². The first kappa shape index (κ1) is 24.5. The first-order chi connectivity index (χ1) is 11.5. The lowest BCUT2D eigenvalue weighted by atomic mass is 10.1. The number of aryl methyl sites for hydroxylation is 1. The standard InChI is InChI=1S/C20H35NO2P.BrH/c1-5-8-13-24(14-9-6-2,15-10-7-3)17-19-11-12-20(21(22)23)18(4)16-19;/h11-12,16H,5-10,13-15,17H2,1-4H3;1H/q+1;/p-1. The van der Waals surface area contributed by atoms with E-state index >= 15 is 0 Å². The molecule has 0 atom stereocenters. The van der Waals surface area contributed by atoms with E-state index in [-0.39, 0.29) is 27.6 Å². The minimum Gasteiger partial charge on any atom is -1.00 e. The summed E-state index contributed by atoms with van der Waals surface area (Å²) in [6.45, 7) is 8.71. The Morgan fingerprint density at radius 2 is 1.44 bits per heavy atom. The van der Waals surface area contributed by atoms with Gasteiger partial charge in [-0.05, 0) is 43.9 Å². The van der Waals surface area contributed by atoms with E-state index in [0.717, 1.165) is 5.56 Å². The SMILES string of the molecule is CCCC[P+](CCCC)(CCCC)Cc1ccc([N+](=O)[O-])c(C)c1.[Br-]. The quantitative estimate of drug-likeness (QED) is 0.286. The third kappa shape index (κ3) is 8.17. The lowest BCUT2D eigenvalue weighted by Crippen LogP contribution is -3.00. The minimum atomic E-state index is -0.996. The molecule has 0 spiro atoms. The molecule has 0 aromatic heterocycles. The lowest BCUT2D eigenvalue weighted by Gasteiger charge is -2.28. The molecule has 0 radical (unpaired) electrons. The Balaban J connectivity index is 0.00000576. The molecule has 0 N–H and O–H groups in total. The Bertz CT molecular complexity index is 501. The third-order valence-electron chi connectivity index (χ3n) is 4.93. The van der Waals surface area contributed by atoms with Crippen LogP contribution in [0.15, 0.2) is 18.2 Å². The second kappa shape index (κ2) is 12.8. The van der Waals surface area contributed by atoms with Gasteiger partial charge in [-0.3, -0.25) is 10.1 Å². The van der Waals surface area contributed by atoms with Crippen LogP contribution in [0.5, 0.6) is 0 Å². The van der Waals surface area contributed by atoms with Crippen LogP contribution in [0.2, 0.25) is 0 Å². The van der Waals surface area contributed by atoms with Gasteiger partial charge in [0, 0.05) is 18.9 Å². The van der Waals surface area contributed by atoms with Gasteiger partial charge in [-0.1, -0.05) is 40.0 Å². The molecule has 5 heteroatoms. The summed E-state index contributed by atoms with van der Waals surface area (Å²) < 4.78 is 0. The predicted octanol–water partition coefficient (Wildman–Crippen LogP) is 3.83. The molecule has 1 rings (SSSR count). The van der Waals surface area contributed by atoms with Crippen LogP contribution in [0.1, 0.15) is 70.4 Å². The van der Waals surface area contributed by atoms with Crippen LogP contribution in [-0.2, 0) is 6.16 Å². The molecular weight excluding hydrogens is 397 g/mol. The maximum absolute atomic E-state index is 11.1. The van der Waals surface area contributed by atoms with Crippen molar-refractivity contribution >= 4 is 12.9 Å². The number of unbranched alkanes of at least 4 members (excludes halogenated alkanes) is 3. The normalized spacial score (nSPS) is 11.2. The van der Waals surface area contributed by atoms with Gasteiger partial charge in [-0.25, -0.2) is 0 Å². The molecule has 0 saturated carbocycles. The van der Waals surface area contributed by atoms with E-state index in [1.165, 1.54) is 68.7 Å². The van der Waals surface area contributed by atoms with Gasteiger partial charge in [0.1, 0.15) is 0 Å². The summed E-state index contributed by atoms with van der Waals surface area (Å²) in [7, 11) is -0.996. The van der Waals surface area contributed by atoms with Crippen molar-refractivity contribution in [1.82, 2.24) is 0 Å². The molecular formula is C20H35BrNO2P. The van der Waals surface area contributed by atoms with Gasteiger partial charge in [0.15, 0.2) is 0 Å². The van der Waals surface area contributed by atoms with E-state index in [1.54, 1.807) is 6.07 Å². The summed E-state index contributed by atoms with van der Waals surface area (Å²) in [6.07, 6.45) is 13.1. The number of nitro groups is 1. The number of nitro benzene ring substituents is 1.